The molecule has 6 heteroatoms. The number of benzene rings is 2. The second-order valence-corrected chi connectivity index (χ2v) is 8.11. The maximum atomic E-state index is 13.0. The van der Waals surface area contributed by atoms with Crippen LogP contribution in [0.2, 0.25) is 5.02 Å². The van der Waals surface area contributed by atoms with Crippen molar-refractivity contribution < 1.29 is 19.4 Å². The highest BCUT2D eigenvalue weighted by Gasteiger charge is 2.33. The minimum atomic E-state index is -0.975. The molecule has 29 heavy (non-hydrogen) atoms. The Kier molecular flexibility index (Phi) is 6.70. The van der Waals surface area contributed by atoms with E-state index in [2.05, 4.69) is 0 Å². The number of ether oxygens (including phenoxy) is 2. The van der Waals surface area contributed by atoms with E-state index in [0.717, 1.165) is 16.1 Å². The van der Waals surface area contributed by atoms with Gasteiger partial charge in [-0.15, -0.1) is 0 Å². The molecule has 0 spiro atoms. The van der Waals surface area contributed by atoms with E-state index in [1.165, 1.54) is 0 Å². The summed E-state index contributed by atoms with van der Waals surface area (Å²) in [7, 11) is 1.56. The van der Waals surface area contributed by atoms with E-state index in [9.17, 15) is 9.90 Å². The largest absolute Gasteiger partial charge is 0.496 e. The van der Waals surface area contributed by atoms with Gasteiger partial charge in [0.15, 0.2) is 0 Å². The van der Waals surface area contributed by atoms with Crippen molar-refractivity contribution in [1.82, 2.24) is 4.90 Å². The van der Waals surface area contributed by atoms with Gasteiger partial charge in [-0.2, -0.15) is 0 Å². The molecule has 5 nitrogen and oxygen atoms in total. The lowest BCUT2D eigenvalue weighted by Crippen LogP contribution is -2.38. The fourth-order valence-electron chi connectivity index (χ4n) is 3.73. The Bertz CT molecular complexity index is 862. The van der Waals surface area contributed by atoms with Gasteiger partial charge in [-0.3, -0.25) is 4.79 Å². The lowest BCUT2D eigenvalue weighted by atomic mass is 9.96. The summed E-state index contributed by atoms with van der Waals surface area (Å²) in [5.74, 6) is 1.19. The second-order valence-electron chi connectivity index (χ2n) is 7.73. The molecular formula is C23H28ClNO4. The highest BCUT2D eigenvalue weighted by atomic mass is 35.5. The van der Waals surface area contributed by atoms with Crippen LogP contribution in [0.5, 0.6) is 11.5 Å². The lowest BCUT2D eigenvalue weighted by Gasteiger charge is -2.27. The van der Waals surface area contributed by atoms with Gasteiger partial charge in [0.25, 0.3) is 5.91 Å². The number of amides is 1. The van der Waals surface area contributed by atoms with Crippen LogP contribution in [0.4, 0.5) is 0 Å². The summed E-state index contributed by atoms with van der Waals surface area (Å²) in [5, 5.41) is 11.8. The van der Waals surface area contributed by atoms with Crippen molar-refractivity contribution in [3.8, 4) is 11.5 Å². The number of aliphatic hydroxyl groups is 1. The van der Waals surface area contributed by atoms with E-state index in [0.29, 0.717) is 49.4 Å². The number of carbonyl (C=O) groups is 1. The average Bonchev–Trinajstić information content (AvgIpc) is 2.92. The minimum Gasteiger partial charge on any atom is -0.496 e. The number of rotatable bonds is 5. The Morgan fingerprint density at radius 1 is 1.17 bits per heavy atom. The normalized spacial score (nSPS) is 19.6. The Labute approximate surface area is 177 Å². The Hall–Kier alpha value is -2.24. The van der Waals surface area contributed by atoms with Gasteiger partial charge in [0.05, 0.1) is 12.7 Å². The Balaban J connectivity index is 1.65. The lowest BCUT2D eigenvalue weighted by molar-refractivity contribution is -0.0163. The van der Waals surface area contributed by atoms with Crippen LogP contribution >= 0.6 is 11.6 Å². The van der Waals surface area contributed by atoms with Crippen molar-refractivity contribution >= 4 is 17.5 Å². The van der Waals surface area contributed by atoms with Crippen LogP contribution in [0.3, 0.4) is 0 Å². The summed E-state index contributed by atoms with van der Waals surface area (Å²) < 4.78 is 11.2. The molecule has 1 saturated heterocycles. The van der Waals surface area contributed by atoms with E-state index < -0.39 is 5.60 Å². The van der Waals surface area contributed by atoms with Crippen LogP contribution in [0.1, 0.15) is 40.7 Å². The number of hydrogen-bond donors (Lipinski definition) is 1. The molecule has 0 bridgehead atoms. The van der Waals surface area contributed by atoms with Crippen LogP contribution in [-0.4, -0.2) is 48.3 Å². The van der Waals surface area contributed by atoms with E-state index in [4.69, 9.17) is 21.1 Å². The van der Waals surface area contributed by atoms with E-state index in [1.807, 2.05) is 38.1 Å². The molecule has 1 atom stereocenters. The first-order chi connectivity index (χ1) is 13.8. The number of methoxy groups -OCH3 is 1. The number of hydrogen-bond acceptors (Lipinski definition) is 4. The second kappa shape index (κ2) is 9.06. The van der Waals surface area contributed by atoms with Crippen LogP contribution in [0.25, 0.3) is 0 Å². The molecule has 1 aliphatic heterocycles. The quantitative estimate of drug-likeness (QED) is 0.783. The van der Waals surface area contributed by atoms with E-state index in [-0.39, 0.29) is 12.5 Å². The standard InChI is InChI=1S/C23H28ClNO4/c1-16-13-18(14-17(2)21(16)24)29-15-23(27)9-6-11-25(12-10-23)22(26)19-7-4-5-8-20(19)28-3/h4-5,7-8,13-14,27H,6,9-12,15H2,1-3H3. The summed E-state index contributed by atoms with van der Waals surface area (Å²) in [6, 6.07) is 11.0. The highest BCUT2D eigenvalue weighted by Crippen LogP contribution is 2.29. The summed E-state index contributed by atoms with van der Waals surface area (Å²) in [6.07, 6.45) is 1.74. The summed E-state index contributed by atoms with van der Waals surface area (Å²) in [4.78, 5) is 14.7. The molecule has 0 aromatic heterocycles. The topological polar surface area (TPSA) is 59.0 Å². The summed E-state index contributed by atoms with van der Waals surface area (Å²) >= 11 is 6.21. The first-order valence-electron chi connectivity index (χ1n) is 9.87. The number of nitrogens with zero attached hydrogens (tertiary/aromatic N) is 1. The monoisotopic (exact) mass is 417 g/mol. The molecule has 2 aromatic carbocycles. The smallest absolute Gasteiger partial charge is 0.257 e. The van der Waals surface area contributed by atoms with Gasteiger partial charge in [-0.05, 0) is 68.5 Å². The van der Waals surface area contributed by atoms with E-state index in [1.54, 1.807) is 24.1 Å². The molecule has 1 heterocycles. The number of aryl methyl sites for hydroxylation is 2. The van der Waals surface area contributed by atoms with Gasteiger partial charge >= 0.3 is 0 Å². The maximum absolute atomic E-state index is 13.0. The van der Waals surface area contributed by atoms with Gasteiger partial charge in [-0.25, -0.2) is 0 Å². The maximum Gasteiger partial charge on any atom is 0.257 e. The number of likely N-dealkylation sites (tertiary alicyclic amines) is 1. The first kappa shape index (κ1) is 21.5. The van der Waals surface area contributed by atoms with Gasteiger partial charge in [-0.1, -0.05) is 23.7 Å². The van der Waals surface area contributed by atoms with Crippen molar-refractivity contribution in [1.29, 1.82) is 0 Å². The molecule has 1 unspecified atom stereocenters. The van der Waals surface area contributed by atoms with Gasteiger partial charge < -0.3 is 19.5 Å². The molecule has 0 aliphatic carbocycles. The van der Waals surface area contributed by atoms with Gasteiger partial charge in [0.1, 0.15) is 23.7 Å². The molecule has 3 rings (SSSR count). The SMILES string of the molecule is COc1ccccc1C(=O)N1CCCC(O)(COc2cc(C)c(Cl)c(C)c2)CC1. The zero-order valence-corrected chi connectivity index (χ0v) is 18.0. The molecule has 0 saturated carbocycles. The summed E-state index contributed by atoms with van der Waals surface area (Å²) in [6.45, 7) is 5.12. The van der Waals surface area contributed by atoms with Crippen molar-refractivity contribution in [2.75, 3.05) is 26.8 Å². The van der Waals surface area contributed by atoms with Crippen molar-refractivity contribution in [2.24, 2.45) is 0 Å². The van der Waals surface area contributed by atoms with Gasteiger partial charge in [0.2, 0.25) is 0 Å². The first-order valence-corrected chi connectivity index (χ1v) is 10.2. The molecule has 1 aliphatic rings. The predicted molar refractivity (Wildman–Crippen MR) is 114 cm³/mol. The van der Waals surface area contributed by atoms with Gasteiger partial charge in [0, 0.05) is 18.1 Å². The highest BCUT2D eigenvalue weighted by molar-refractivity contribution is 6.32. The van der Waals surface area contributed by atoms with Crippen molar-refractivity contribution in [3.05, 3.63) is 58.1 Å². The molecule has 2 aromatic rings. The molecular weight excluding hydrogens is 390 g/mol. The predicted octanol–water partition coefficient (Wildman–Crippen LogP) is 4.40. The van der Waals surface area contributed by atoms with Crippen molar-refractivity contribution in [3.63, 3.8) is 0 Å². The third-order valence-corrected chi connectivity index (χ3v) is 6.06. The zero-order valence-electron chi connectivity index (χ0n) is 17.2. The van der Waals surface area contributed by atoms with E-state index >= 15 is 0 Å². The van der Waals surface area contributed by atoms with Crippen LogP contribution in [0, 0.1) is 13.8 Å². The average molecular weight is 418 g/mol. The molecule has 156 valence electrons. The van der Waals surface area contributed by atoms with Crippen molar-refractivity contribution in [2.45, 2.75) is 38.7 Å². The Morgan fingerprint density at radius 2 is 1.86 bits per heavy atom. The third kappa shape index (κ3) is 5.03. The minimum absolute atomic E-state index is 0.0726. The molecule has 1 fully saturated rings. The summed E-state index contributed by atoms with van der Waals surface area (Å²) in [5.41, 5.74) is 1.46. The Morgan fingerprint density at radius 3 is 2.55 bits per heavy atom. The number of para-hydroxylation sites is 1. The fraction of sp³-hybridized carbons (Fsp3) is 0.435. The zero-order chi connectivity index (χ0) is 21.0. The van der Waals surface area contributed by atoms with Crippen LogP contribution < -0.4 is 9.47 Å². The molecule has 1 N–H and O–H groups in total. The number of halogens is 1. The fourth-order valence-corrected chi connectivity index (χ4v) is 3.83. The van der Waals surface area contributed by atoms with Crippen LogP contribution in [0.15, 0.2) is 36.4 Å². The molecule has 1 amide bonds. The third-order valence-electron chi connectivity index (χ3n) is 5.46. The molecule has 0 radical (unpaired) electrons. The van der Waals surface area contributed by atoms with Crippen LogP contribution in [-0.2, 0) is 0 Å². The number of carbonyl (C=O) groups excluding carboxylic acids is 1.